The molecule has 132 valence electrons. The van der Waals surface area contributed by atoms with E-state index in [-0.39, 0.29) is 12.1 Å². The van der Waals surface area contributed by atoms with E-state index in [4.69, 9.17) is 4.74 Å². The minimum atomic E-state index is -0.0370. The number of carbonyl (C=O) groups excluding carboxylic acids is 1. The maximum Gasteiger partial charge on any atom is 0.145 e. The second kappa shape index (κ2) is 6.43. The first-order chi connectivity index (χ1) is 12.2. The van der Waals surface area contributed by atoms with E-state index in [2.05, 4.69) is 40.8 Å². The predicted octanol–water partition coefficient (Wildman–Crippen LogP) is 3.87. The minimum absolute atomic E-state index is 0.0370. The van der Waals surface area contributed by atoms with E-state index in [1.54, 1.807) is 7.11 Å². The first-order valence-electron chi connectivity index (χ1n) is 9.15. The molecule has 25 heavy (non-hydrogen) atoms. The molecule has 0 saturated heterocycles. The summed E-state index contributed by atoms with van der Waals surface area (Å²) in [4.78, 5) is 14.0. The van der Waals surface area contributed by atoms with Gasteiger partial charge in [-0.2, -0.15) is 0 Å². The third-order valence-electron chi connectivity index (χ3n) is 6.11. The van der Waals surface area contributed by atoms with Crippen LogP contribution in [0, 0.1) is 5.92 Å². The van der Waals surface area contributed by atoms with Gasteiger partial charge in [-0.05, 0) is 56.4 Å². The second-order valence-corrected chi connectivity index (χ2v) is 7.26. The summed E-state index contributed by atoms with van der Waals surface area (Å²) in [6.45, 7) is 3.02. The van der Waals surface area contributed by atoms with Gasteiger partial charge in [-0.1, -0.05) is 24.3 Å². The second-order valence-electron chi connectivity index (χ2n) is 7.26. The van der Waals surface area contributed by atoms with E-state index in [1.165, 1.54) is 22.2 Å². The molecule has 0 fully saturated rings. The number of hydrogen-bond donors (Lipinski definition) is 0. The lowest BCUT2D eigenvalue weighted by atomic mass is 9.86. The van der Waals surface area contributed by atoms with Crippen molar-refractivity contribution in [1.82, 2.24) is 9.47 Å². The number of aromatic nitrogens is 1. The molecule has 4 nitrogen and oxygen atoms in total. The van der Waals surface area contributed by atoms with Crippen molar-refractivity contribution in [2.75, 3.05) is 20.7 Å². The normalized spacial score (nSPS) is 27.2. The van der Waals surface area contributed by atoms with Crippen LogP contribution in [0.5, 0.6) is 0 Å². The largest absolute Gasteiger partial charge is 0.361 e. The van der Waals surface area contributed by atoms with Crippen LogP contribution in [0.4, 0.5) is 0 Å². The highest BCUT2D eigenvalue weighted by Crippen LogP contribution is 2.46. The molecule has 1 aromatic heterocycles. The summed E-state index contributed by atoms with van der Waals surface area (Å²) in [5, 5.41) is 1.36. The molecule has 0 radical (unpaired) electrons. The van der Waals surface area contributed by atoms with Crippen molar-refractivity contribution in [3.8, 4) is 0 Å². The molecule has 1 aromatic carbocycles. The SMILES string of the molecule is CC=C(C=O)[C@H]1C[C@H](OC)n2c3c(c4ccccc42)CCN(C)[C@H]3C1. The average Bonchev–Trinajstić information content (AvgIpc) is 2.86. The van der Waals surface area contributed by atoms with Gasteiger partial charge in [-0.25, -0.2) is 0 Å². The Morgan fingerprint density at radius 3 is 2.80 bits per heavy atom. The molecule has 0 spiro atoms. The average molecular weight is 338 g/mol. The van der Waals surface area contributed by atoms with Crippen molar-refractivity contribution in [3.05, 3.63) is 47.2 Å². The van der Waals surface area contributed by atoms with E-state index in [9.17, 15) is 4.79 Å². The number of allylic oxidation sites excluding steroid dienone is 2. The number of nitrogens with zero attached hydrogens (tertiary/aromatic N) is 2. The Kier molecular flexibility index (Phi) is 4.26. The third kappa shape index (κ3) is 2.47. The van der Waals surface area contributed by atoms with Gasteiger partial charge in [0.25, 0.3) is 0 Å². The zero-order valence-electron chi connectivity index (χ0n) is 15.2. The van der Waals surface area contributed by atoms with Crippen molar-refractivity contribution in [1.29, 1.82) is 0 Å². The van der Waals surface area contributed by atoms with Crippen molar-refractivity contribution < 1.29 is 9.53 Å². The van der Waals surface area contributed by atoms with Gasteiger partial charge in [0, 0.05) is 24.7 Å². The lowest BCUT2D eigenvalue weighted by Gasteiger charge is -2.34. The van der Waals surface area contributed by atoms with E-state index in [0.717, 1.165) is 37.7 Å². The van der Waals surface area contributed by atoms with Crippen molar-refractivity contribution in [2.45, 2.75) is 38.5 Å². The Labute approximate surface area is 149 Å². The first kappa shape index (κ1) is 16.6. The number of likely N-dealkylation sites (N-methyl/N-ethyl adjacent to an activating group) is 1. The highest BCUT2D eigenvalue weighted by molar-refractivity contribution is 5.86. The molecule has 3 atom stereocenters. The maximum atomic E-state index is 11.6. The molecule has 2 aliphatic rings. The smallest absolute Gasteiger partial charge is 0.145 e. The van der Waals surface area contributed by atoms with Gasteiger partial charge >= 0.3 is 0 Å². The van der Waals surface area contributed by atoms with Crippen molar-refractivity contribution >= 4 is 17.2 Å². The number of para-hydroxylation sites is 1. The Morgan fingerprint density at radius 1 is 1.28 bits per heavy atom. The van der Waals surface area contributed by atoms with Crippen LogP contribution in [-0.2, 0) is 16.0 Å². The number of methoxy groups -OCH3 is 1. The number of rotatable bonds is 3. The molecule has 0 bridgehead atoms. The number of carbonyl (C=O) groups is 1. The number of hydrogen-bond acceptors (Lipinski definition) is 3. The molecular formula is C21H26N2O2. The molecule has 0 unspecified atom stereocenters. The Balaban J connectivity index is 1.94. The quantitative estimate of drug-likeness (QED) is 0.629. The number of aldehydes is 1. The molecular weight excluding hydrogens is 312 g/mol. The van der Waals surface area contributed by atoms with Crippen LogP contribution >= 0.6 is 0 Å². The zero-order chi connectivity index (χ0) is 17.6. The summed E-state index contributed by atoms with van der Waals surface area (Å²) in [5.41, 5.74) is 5.02. The van der Waals surface area contributed by atoms with E-state index >= 15 is 0 Å². The molecule has 0 amide bonds. The molecule has 2 aromatic rings. The van der Waals surface area contributed by atoms with Gasteiger partial charge in [0.15, 0.2) is 0 Å². The van der Waals surface area contributed by atoms with Gasteiger partial charge in [0.2, 0.25) is 0 Å². The fourth-order valence-electron chi connectivity index (χ4n) is 4.82. The maximum absolute atomic E-state index is 11.6. The molecule has 2 aliphatic heterocycles. The topological polar surface area (TPSA) is 34.5 Å². The molecule has 4 rings (SSSR count). The van der Waals surface area contributed by atoms with Crippen LogP contribution in [0.3, 0.4) is 0 Å². The van der Waals surface area contributed by atoms with Crippen LogP contribution in [0.1, 0.15) is 43.3 Å². The van der Waals surface area contributed by atoms with Crippen molar-refractivity contribution in [2.24, 2.45) is 5.92 Å². The van der Waals surface area contributed by atoms with Crippen LogP contribution in [0.25, 0.3) is 10.9 Å². The third-order valence-corrected chi connectivity index (χ3v) is 6.11. The van der Waals surface area contributed by atoms with Gasteiger partial charge in [-0.15, -0.1) is 0 Å². The van der Waals surface area contributed by atoms with Gasteiger partial charge in [0.1, 0.15) is 12.5 Å². The van der Waals surface area contributed by atoms with Crippen molar-refractivity contribution in [3.63, 3.8) is 0 Å². The lowest BCUT2D eigenvalue weighted by Crippen LogP contribution is -2.33. The summed E-state index contributed by atoms with van der Waals surface area (Å²) in [6, 6.07) is 9.00. The summed E-state index contributed by atoms with van der Waals surface area (Å²) in [6.07, 6.45) is 5.83. The highest BCUT2D eigenvalue weighted by atomic mass is 16.5. The van der Waals surface area contributed by atoms with E-state index in [1.807, 2.05) is 13.0 Å². The Morgan fingerprint density at radius 2 is 2.08 bits per heavy atom. The summed E-state index contributed by atoms with van der Waals surface area (Å²) >= 11 is 0. The molecule has 0 N–H and O–H groups in total. The molecule has 4 heteroatoms. The molecule has 0 saturated carbocycles. The van der Waals surface area contributed by atoms with E-state index in [0.29, 0.717) is 6.04 Å². The van der Waals surface area contributed by atoms with Gasteiger partial charge < -0.3 is 9.30 Å². The predicted molar refractivity (Wildman–Crippen MR) is 99.6 cm³/mol. The van der Waals surface area contributed by atoms with Crippen LogP contribution in [-0.4, -0.2) is 36.5 Å². The summed E-state index contributed by atoms with van der Waals surface area (Å²) in [5.74, 6) is 0.226. The summed E-state index contributed by atoms with van der Waals surface area (Å²) in [7, 11) is 3.99. The van der Waals surface area contributed by atoms with E-state index < -0.39 is 0 Å². The Hall–Kier alpha value is -1.91. The standard InChI is InChI=1S/C21H26N2O2/c1-4-14(13-24)15-11-19-21-17(9-10-22(19)2)16-7-5-6-8-18(16)23(21)20(12-15)25-3/h4-8,13,15,19-20H,9-12H2,1-3H3/t15-,19+,20+/m1/s1. The molecule has 0 aliphatic carbocycles. The zero-order valence-corrected chi connectivity index (χ0v) is 15.2. The van der Waals surface area contributed by atoms with Crippen LogP contribution in [0.15, 0.2) is 35.9 Å². The van der Waals surface area contributed by atoms with Crippen LogP contribution in [0.2, 0.25) is 0 Å². The molecule has 3 heterocycles. The minimum Gasteiger partial charge on any atom is -0.361 e. The fourth-order valence-corrected chi connectivity index (χ4v) is 4.82. The summed E-state index contributed by atoms with van der Waals surface area (Å²) < 4.78 is 8.35. The Bertz CT molecular complexity index is 836. The first-order valence-corrected chi connectivity index (χ1v) is 9.15. The van der Waals surface area contributed by atoms with Gasteiger partial charge in [-0.3, -0.25) is 9.69 Å². The highest BCUT2D eigenvalue weighted by Gasteiger charge is 2.38. The monoisotopic (exact) mass is 338 g/mol. The van der Waals surface area contributed by atoms with Crippen LogP contribution < -0.4 is 0 Å². The van der Waals surface area contributed by atoms with Gasteiger partial charge in [0.05, 0.1) is 11.6 Å². The number of ether oxygens (including phenoxy) is 1. The number of fused-ring (bicyclic) bond motifs is 3. The number of benzene rings is 1. The fraction of sp³-hybridized carbons (Fsp3) is 0.476. The lowest BCUT2D eigenvalue weighted by molar-refractivity contribution is -0.105.